The summed E-state index contributed by atoms with van der Waals surface area (Å²) in [6.45, 7) is 0. The Kier molecular flexibility index (Phi) is 4.51. The van der Waals surface area contributed by atoms with Gasteiger partial charge in [-0.15, -0.1) is 0 Å². The number of aromatic amines is 1. The molecule has 7 nitrogen and oxygen atoms in total. The van der Waals surface area contributed by atoms with Gasteiger partial charge in [0.05, 0.1) is 10.6 Å². The molecule has 1 aliphatic carbocycles. The fraction of sp³-hybridized carbons (Fsp3) is 0.158. The van der Waals surface area contributed by atoms with Gasteiger partial charge in [-0.1, -0.05) is 36.4 Å². The molecule has 0 spiro atoms. The fourth-order valence-electron chi connectivity index (χ4n) is 2.62. The number of aromatic nitrogens is 2. The number of H-pyrrole nitrogens is 1. The summed E-state index contributed by atoms with van der Waals surface area (Å²) >= 11 is 0. The maximum atomic E-state index is 12.5. The SMILES string of the molecule is O=C(Nc1cccc(S(=O)(=O)NC2CC2)c1)c1cc(-c2ccccc2)n[nH]1. The second-order valence-electron chi connectivity index (χ2n) is 6.41. The van der Waals surface area contributed by atoms with Gasteiger partial charge in [-0.3, -0.25) is 9.89 Å². The maximum Gasteiger partial charge on any atom is 0.273 e. The first-order chi connectivity index (χ1) is 13.0. The van der Waals surface area contributed by atoms with Gasteiger partial charge in [-0.05, 0) is 37.1 Å². The first-order valence-electron chi connectivity index (χ1n) is 8.56. The molecule has 1 aliphatic rings. The first kappa shape index (κ1) is 17.4. The molecule has 4 rings (SSSR count). The van der Waals surface area contributed by atoms with E-state index in [1.54, 1.807) is 18.2 Å². The van der Waals surface area contributed by atoms with Crippen molar-refractivity contribution in [2.75, 3.05) is 5.32 Å². The third kappa shape index (κ3) is 4.07. The minimum atomic E-state index is -3.57. The molecule has 1 amide bonds. The Balaban J connectivity index is 1.50. The normalized spacial score (nSPS) is 14.1. The standard InChI is InChI=1S/C19H18N4O3S/c24-19(18-12-17(21-22-18)13-5-2-1-3-6-13)20-15-7-4-8-16(11-15)27(25,26)23-14-9-10-14/h1-8,11-12,14,23H,9-10H2,(H,20,24)(H,21,22). The van der Waals surface area contributed by atoms with Crippen molar-refractivity contribution in [3.8, 4) is 11.3 Å². The molecule has 0 radical (unpaired) electrons. The van der Waals surface area contributed by atoms with Gasteiger partial charge in [0.15, 0.2) is 0 Å². The number of rotatable bonds is 6. The van der Waals surface area contributed by atoms with Crippen molar-refractivity contribution in [3.63, 3.8) is 0 Å². The topological polar surface area (TPSA) is 104 Å². The molecule has 0 unspecified atom stereocenters. The molecule has 8 heteroatoms. The van der Waals surface area contributed by atoms with Gasteiger partial charge in [0.25, 0.3) is 5.91 Å². The summed E-state index contributed by atoms with van der Waals surface area (Å²) in [7, 11) is -3.57. The van der Waals surface area contributed by atoms with Gasteiger partial charge in [0.1, 0.15) is 5.69 Å². The van der Waals surface area contributed by atoms with Gasteiger partial charge < -0.3 is 5.32 Å². The van der Waals surface area contributed by atoms with Crippen LogP contribution < -0.4 is 10.0 Å². The number of nitrogens with zero attached hydrogens (tertiary/aromatic N) is 1. The third-order valence-electron chi connectivity index (χ3n) is 4.19. The smallest absolute Gasteiger partial charge is 0.273 e. The summed E-state index contributed by atoms with van der Waals surface area (Å²) in [6, 6.07) is 17.4. The van der Waals surface area contributed by atoms with E-state index < -0.39 is 15.9 Å². The number of nitrogens with one attached hydrogen (secondary N) is 3. The summed E-state index contributed by atoms with van der Waals surface area (Å²) < 4.78 is 27.2. The Labute approximate surface area is 156 Å². The highest BCUT2D eigenvalue weighted by Crippen LogP contribution is 2.23. The molecule has 1 fully saturated rings. The minimum absolute atomic E-state index is 0.0228. The number of carbonyl (C=O) groups excluding carboxylic acids is 1. The molecular formula is C19H18N4O3S. The molecule has 1 aromatic heterocycles. The Hall–Kier alpha value is -2.97. The van der Waals surface area contributed by atoms with Gasteiger partial charge in [-0.2, -0.15) is 5.10 Å². The zero-order valence-electron chi connectivity index (χ0n) is 14.3. The number of benzene rings is 2. The van der Waals surface area contributed by atoms with E-state index in [0.29, 0.717) is 17.1 Å². The lowest BCUT2D eigenvalue weighted by Crippen LogP contribution is -2.25. The second kappa shape index (κ2) is 6.98. The average Bonchev–Trinajstić information content (AvgIpc) is 3.33. The molecule has 138 valence electrons. The van der Waals surface area contributed by atoms with Gasteiger partial charge >= 0.3 is 0 Å². The van der Waals surface area contributed by atoms with E-state index in [4.69, 9.17) is 0 Å². The molecule has 2 aromatic carbocycles. The largest absolute Gasteiger partial charge is 0.321 e. The second-order valence-corrected chi connectivity index (χ2v) is 8.12. The number of amides is 1. The average molecular weight is 382 g/mol. The van der Waals surface area contributed by atoms with E-state index in [0.717, 1.165) is 18.4 Å². The van der Waals surface area contributed by atoms with Crippen LogP contribution >= 0.6 is 0 Å². The van der Waals surface area contributed by atoms with Crippen LogP contribution in [0.25, 0.3) is 11.3 Å². The van der Waals surface area contributed by atoms with Gasteiger partial charge in [0.2, 0.25) is 10.0 Å². The number of anilines is 1. The van der Waals surface area contributed by atoms with Crippen LogP contribution in [0.2, 0.25) is 0 Å². The van der Waals surface area contributed by atoms with Crippen molar-refractivity contribution in [2.45, 2.75) is 23.8 Å². The van der Waals surface area contributed by atoms with Crippen molar-refractivity contribution in [1.29, 1.82) is 0 Å². The lowest BCUT2D eigenvalue weighted by atomic mass is 10.1. The zero-order valence-corrected chi connectivity index (χ0v) is 15.2. The highest BCUT2D eigenvalue weighted by atomic mass is 32.2. The Morgan fingerprint density at radius 3 is 2.56 bits per heavy atom. The predicted octanol–water partition coefficient (Wildman–Crippen LogP) is 2.77. The van der Waals surface area contributed by atoms with E-state index in [1.165, 1.54) is 12.1 Å². The predicted molar refractivity (Wildman–Crippen MR) is 102 cm³/mol. The number of sulfonamides is 1. The van der Waals surface area contributed by atoms with E-state index >= 15 is 0 Å². The number of carbonyl (C=O) groups is 1. The van der Waals surface area contributed by atoms with Crippen molar-refractivity contribution >= 4 is 21.6 Å². The summed E-state index contributed by atoms with van der Waals surface area (Å²) in [4.78, 5) is 12.6. The molecule has 0 aliphatic heterocycles. The molecule has 1 heterocycles. The molecule has 3 N–H and O–H groups in total. The maximum absolute atomic E-state index is 12.5. The fourth-order valence-corrected chi connectivity index (χ4v) is 3.97. The monoisotopic (exact) mass is 382 g/mol. The quantitative estimate of drug-likeness (QED) is 0.610. The molecule has 0 bridgehead atoms. The zero-order chi connectivity index (χ0) is 18.9. The molecule has 3 aromatic rings. The lowest BCUT2D eigenvalue weighted by molar-refractivity contribution is 0.102. The van der Waals surface area contributed by atoms with Crippen LogP contribution in [0.5, 0.6) is 0 Å². The van der Waals surface area contributed by atoms with Crippen LogP contribution in [-0.4, -0.2) is 30.6 Å². The van der Waals surface area contributed by atoms with Crippen molar-refractivity contribution < 1.29 is 13.2 Å². The molecule has 0 saturated heterocycles. The molecule has 1 saturated carbocycles. The summed E-state index contributed by atoms with van der Waals surface area (Å²) in [5.41, 5.74) is 2.24. The number of hydrogen-bond acceptors (Lipinski definition) is 4. The summed E-state index contributed by atoms with van der Waals surface area (Å²) in [6.07, 6.45) is 1.72. The minimum Gasteiger partial charge on any atom is -0.321 e. The molecular weight excluding hydrogens is 364 g/mol. The number of hydrogen-bond donors (Lipinski definition) is 3. The van der Waals surface area contributed by atoms with E-state index in [-0.39, 0.29) is 10.9 Å². The van der Waals surface area contributed by atoms with E-state index in [2.05, 4.69) is 20.2 Å². The van der Waals surface area contributed by atoms with Crippen molar-refractivity contribution in [1.82, 2.24) is 14.9 Å². The van der Waals surface area contributed by atoms with Gasteiger partial charge in [0, 0.05) is 17.3 Å². The van der Waals surface area contributed by atoms with Crippen LogP contribution in [0.1, 0.15) is 23.3 Å². The highest BCUT2D eigenvalue weighted by molar-refractivity contribution is 7.89. The third-order valence-corrected chi connectivity index (χ3v) is 5.71. The van der Waals surface area contributed by atoms with Crippen LogP contribution in [-0.2, 0) is 10.0 Å². The van der Waals surface area contributed by atoms with Crippen LogP contribution in [0.15, 0.2) is 65.6 Å². The lowest BCUT2D eigenvalue weighted by Gasteiger charge is -2.08. The highest BCUT2D eigenvalue weighted by Gasteiger charge is 2.28. The molecule has 0 atom stereocenters. The Morgan fingerprint density at radius 1 is 1.04 bits per heavy atom. The van der Waals surface area contributed by atoms with Crippen LogP contribution in [0.3, 0.4) is 0 Å². The van der Waals surface area contributed by atoms with Gasteiger partial charge in [-0.25, -0.2) is 13.1 Å². The van der Waals surface area contributed by atoms with Crippen molar-refractivity contribution in [3.05, 3.63) is 66.4 Å². The van der Waals surface area contributed by atoms with E-state index in [1.807, 2.05) is 30.3 Å². The summed E-state index contributed by atoms with van der Waals surface area (Å²) in [5.74, 6) is -0.394. The summed E-state index contributed by atoms with van der Waals surface area (Å²) in [5, 5.41) is 9.57. The van der Waals surface area contributed by atoms with Crippen LogP contribution in [0.4, 0.5) is 5.69 Å². The molecule has 27 heavy (non-hydrogen) atoms. The Bertz CT molecular complexity index is 1070. The first-order valence-corrected chi connectivity index (χ1v) is 10.0. The Morgan fingerprint density at radius 2 is 1.81 bits per heavy atom. The van der Waals surface area contributed by atoms with E-state index in [9.17, 15) is 13.2 Å². The van der Waals surface area contributed by atoms with Crippen molar-refractivity contribution in [2.24, 2.45) is 0 Å². The van der Waals surface area contributed by atoms with Crippen LogP contribution in [0, 0.1) is 0 Å².